The van der Waals surface area contributed by atoms with Gasteiger partial charge in [-0.25, -0.2) is 4.39 Å². The van der Waals surface area contributed by atoms with Crippen LogP contribution in [0, 0.1) is 5.82 Å². The standard InChI is InChI=1S/C15H10F4N2O2/c16-12-8-20-6-5-11(12)9-1-3-10(4-2-9)13-7-14(22,23-21-13)15(17,18)19/h1-6,8,22H,7H2. The fraction of sp³-hybridized carbons (Fsp3) is 0.200. The lowest BCUT2D eigenvalue weighted by atomic mass is 9.99. The molecule has 1 unspecified atom stereocenters. The summed E-state index contributed by atoms with van der Waals surface area (Å²) in [4.78, 5) is 7.80. The molecular formula is C15H10F4N2O2. The van der Waals surface area contributed by atoms with Crippen LogP contribution in [0.15, 0.2) is 47.9 Å². The van der Waals surface area contributed by atoms with Crippen molar-refractivity contribution in [2.24, 2.45) is 5.16 Å². The summed E-state index contributed by atoms with van der Waals surface area (Å²) in [6, 6.07) is 7.55. The summed E-state index contributed by atoms with van der Waals surface area (Å²) in [5.74, 6) is -3.81. The van der Waals surface area contributed by atoms with Gasteiger partial charge in [-0.15, -0.1) is 0 Å². The molecule has 2 aromatic rings. The van der Waals surface area contributed by atoms with E-state index >= 15 is 0 Å². The average molecular weight is 326 g/mol. The van der Waals surface area contributed by atoms with Gasteiger partial charge in [0.1, 0.15) is 5.82 Å². The monoisotopic (exact) mass is 326 g/mol. The first kappa shape index (κ1) is 15.4. The van der Waals surface area contributed by atoms with E-state index < -0.39 is 24.2 Å². The van der Waals surface area contributed by atoms with Gasteiger partial charge in [-0.1, -0.05) is 29.4 Å². The van der Waals surface area contributed by atoms with E-state index in [1.807, 2.05) is 0 Å². The van der Waals surface area contributed by atoms with Crippen LogP contribution in [0.2, 0.25) is 0 Å². The molecule has 0 aliphatic carbocycles. The van der Waals surface area contributed by atoms with E-state index in [0.29, 0.717) is 16.7 Å². The molecule has 0 bridgehead atoms. The van der Waals surface area contributed by atoms with Gasteiger partial charge in [-0.2, -0.15) is 13.2 Å². The zero-order valence-corrected chi connectivity index (χ0v) is 11.5. The largest absolute Gasteiger partial charge is 0.458 e. The summed E-state index contributed by atoms with van der Waals surface area (Å²) in [5, 5.41) is 12.7. The Hall–Kier alpha value is -2.48. The number of hydrogen-bond acceptors (Lipinski definition) is 4. The van der Waals surface area contributed by atoms with Crippen molar-refractivity contribution >= 4 is 5.71 Å². The Kier molecular flexibility index (Phi) is 3.56. The van der Waals surface area contributed by atoms with Crippen molar-refractivity contribution in [2.75, 3.05) is 0 Å². The zero-order chi connectivity index (χ0) is 16.7. The number of aliphatic hydroxyl groups is 1. The Balaban J connectivity index is 1.83. The van der Waals surface area contributed by atoms with E-state index in [-0.39, 0.29) is 5.71 Å². The molecular weight excluding hydrogens is 316 g/mol. The predicted octanol–water partition coefficient (Wildman–Crippen LogP) is 3.26. The van der Waals surface area contributed by atoms with Gasteiger partial charge in [0.05, 0.1) is 18.3 Å². The lowest BCUT2D eigenvalue weighted by Crippen LogP contribution is -2.45. The van der Waals surface area contributed by atoms with Gasteiger partial charge in [-0.05, 0) is 17.2 Å². The van der Waals surface area contributed by atoms with E-state index in [9.17, 15) is 22.7 Å². The minimum Gasteiger partial charge on any atom is -0.350 e. The molecule has 0 saturated carbocycles. The van der Waals surface area contributed by atoms with E-state index in [0.717, 1.165) is 6.20 Å². The molecule has 23 heavy (non-hydrogen) atoms. The summed E-state index contributed by atoms with van der Waals surface area (Å²) in [7, 11) is 0. The topological polar surface area (TPSA) is 54.7 Å². The molecule has 0 radical (unpaired) electrons. The Morgan fingerprint density at radius 2 is 1.74 bits per heavy atom. The second-order valence-corrected chi connectivity index (χ2v) is 5.02. The summed E-state index contributed by atoms with van der Waals surface area (Å²) in [5.41, 5.74) is 1.18. The Labute approximate surface area is 128 Å². The normalized spacial score (nSPS) is 21.0. The number of alkyl halides is 3. The number of pyridine rings is 1. The molecule has 120 valence electrons. The second kappa shape index (κ2) is 5.31. The van der Waals surface area contributed by atoms with Gasteiger partial charge in [0.25, 0.3) is 0 Å². The summed E-state index contributed by atoms with van der Waals surface area (Å²) in [6.07, 6.45) is -3.25. The van der Waals surface area contributed by atoms with Crippen molar-refractivity contribution in [3.05, 3.63) is 54.1 Å². The summed E-state index contributed by atoms with van der Waals surface area (Å²) in [6.45, 7) is 0. The third-order valence-electron chi connectivity index (χ3n) is 3.46. The van der Waals surface area contributed by atoms with Crippen molar-refractivity contribution in [3.63, 3.8) is 0 Å². The van der Waals surface area contributed by atoms with Crippen LogP contribution in [-0.2, 0) is 4.84 Å². The Morgan fingerprint density at radius 1 is 1.09 bits per heavy atom. The Morgan fingerprint density at radius 3 is 2.30 bits per heavy atom. The quantitative estimate of drug-likeness (QED) is 0.862. The molecule has 0 saturated heterocycles. The van der Waals surface area contributed by atoms with Crippen LogP contribution in [0.25, 0.3) is 11.1 Å². The Bertz CT molecular complexity index is 759. The van der Waals surface area contributed by atoms with E-state index in [1.54, 1.807) is 12.1 Å². The third kappa shape index (κ3) is 2.77. The highest BCUT2D eigenvalue weighted by atomic mass is 19.4. The number of nitrogens with zero attached hydrogens (tertiary/aromatic N) is 2. The van der Waals surface area contributed by atoms with Crippen LogP contribution in [0.4, 0.5) is 17.6 Å². The maximum Gasteiger partial charge on any atom is 0.458 e. The number of halogens is 4. The predicted molar refractivity (Wildman–Crippen MR) is 72.9 cm³/mol. The van der Waals surface area contributed by atoms with Crippen LogP contribution in [0.3, 0.4) is 0 Å². The van der Waals surface area contributed by atoms with Gasteiger partial charge in [0.15, 0.2) is 0 Å². The van der Waals surface area contributed by atoms with Crippen molar-refractivity contribution in [1.82, 2.24) is 4.98 Å². The molecule has 0 amide bonds. The minimum atomic E-state index is -4.95. The molecule has 2 heterocycles. The lowest BCUT2D eigenvalue weighted by Gasteiger charge is -2.22. The second-order valence-electron chi connectivity index (χ2n) is 5.02. The fourth-order valence-electron chi connectivity index (χ4n) is 2.18. The molecule has 4 nitrogen and oxygen atoms in total. The first-order valence-corrected chi connectivity index (χ1v) is 6.55. The van der Waals surface area contributed by atoms with Crippen LogP contribution in [-0.4, -0.2) is 27.8 Å². The molecule has 1 aromatic carbocycles. The van der Waals surface area contributed by atoms with Crippen LogP contribution in [0.5, 0.6) is 0 Å². The molecule has 1 N–H and O–H groups in total. The highest BCUT2D eigenvalue weighted by molar-refractivity contribution is 6.01. The zero-order valence-electron chi connectivity index (χ0n) is 11.5. The highest BCUT2D eigenvalue weighted by Gasteiger charge is 2.60. The van der Waals surface area contributed by atoms with Crippen molar-refractivity contribution in [2.45, 2.75) is 18.4 Å². The van der Waals surface area contributed by atoms with Gasteiger partial charge >= 0.3 is 12.0 Å². The van der Waals surface area contributed by atoms with Crippen LogP contribution in [0.1, 0.15) is 12.0 Å². The van der Waals surface area contributed by atoms with Crippen molar-refractivity contribution < 1.29 is 27.5 Å². The smallest absolute Gasteiger partial charge is 0.350 e. The van der Waals surface area contributed by atoms with Crippen LogP contribution >= 0.6 is 0 Å². The minimum absolute atomic E-state index is 0.0356. The lowest BCUT2D eigenvalue weighted by molar-refractivity contribution is -0.355. The summed E-state index contributed by atoms with van der Waals surface area (Å²) < 4.78 is 51.6. The molecule has 1 aliphatic heterocycles. The van der Waals surface area contributed by atoms with E-state index in [1.165, 1.54) is 24.4 Å². The van der Waals surface area contributed by atoms with Gasteiger partial charge in [0, 0.05) is 11.8 Å². The first-order chi connectivity index (χ1) is 10.8. The molecule has 0 fully saturated rings. The summed E-state index contributed by atoms with van der Waals surface area (Å²) >= 11 is 0. The van der Waals surface area contributed by atoms with Gasteiger partial charge in [-0.3, -0.25) is 4.98 Å². The number of oxime groups is 1. The third-order valence-corrected chi connectivity index (χ3v) is 3.46. The first-order valence-electron chi connectivity index (χ1n) is 6.55. The van der Waals surface area contributed by atoms with Crippen molar-refractivity contribution in [3.8, 4) is 11.1 Å². The van der Waals surface area contributed by atoms with E-state index in [4.69, 9.17) is 0 Å². The average Bonchev–Trinajstić information content (AvgIpc) is 2.92. The number of hydrogen-bond donors (Lipinski definition) is 1. The van der Waals surface area contributed by atoms with E-state index in [2.05, 4.69) is 15.0 Å². The molecule has 1 atom stereocenters. The van der Waals surface area contributed by atoms with Gasteiger partial charge < -0.3 is 9.94 Å². The van der Waals surface area contributed by atoms with Crippen LogP contribution < -0.4 is 0 Å². The molecule has 0 spiro atoms. The SMILES string of the molecule is OC1(C(F)(F)F)CC(c2ccc(-c3ccncc3F)cc2)=NO1. The number of benzene rings is 1. The molecule has 1 aromatic heterocycles. The maximum atomic E-state index is 13.6. The molecule has 1 aliphatic rings. The molecule has 8 heteroatoms. The van der Waals surface area contributed by atoms with Crippen molar-refractivity contribution in [1.29, 1.82) is 0 Å². The highest BCUT2D eigenvalue weighted by Crippen LogP contribution is 2.39. The fourth-order valence-corrected chi connectivity index (χ4v) is 2.18. The number of rotatable bonds is 2. The maximum absolute atomic E-state index is 13.6. The number of aromatic nitrogens is 1. The van der Waals surface area contributed by atoms with Gasteiger partial charge in [0.2, 0.25) is 0 Å². The molecule has 3 rings (SSSR count).